The molecule has 0 radical (unpaired) electrons. The summed E-state index contributed by atoms with van der Waals surface area (Å²) < 4.78 is 13.6. The van der Waals surface area contributed by atoms with Crippen LogP contribution in [-0.4, -0.2) is 11.2 Å². The summed E-state index contributed by atoms with van der Waals surface area (Å²) in [4.78, 5) is 14.8. The van der Waals surface area contributed by atoms with Crippen LogP contribution in [0.5, 0.6) is 0 Å². The first-order valence-electron chi connectivity index (χ1n) is 6.72. The molecule has 2 aromatic carbocycles. The maximum atomic E-state index is 13.6. The van der Waals surface area contributed by atoms with Crippen molar-refractivity contribution >= 4 is 28.7 Å². The number of nitrogens with one attached hydrogen (secondary N) is 2. The van der Waals surface area contributed by atoms with Crippen LogP contribution in [0.25, 0.3) is 10.8 Å². The molecule has 0 saturated carbocycles. The maximum absolute atomic E-state index is 13.6. The van der Waals surface area contributed by atoms with E-state index in [4.69, 9.17) is 5.41 Å². The van der Waals surface area contributed by atoms with E-state index in [1.54, 1.807) is 6.07 Å². The number of benzene rings is 2. The minimum Gasteiger partial charge on any atom is -0.316 e. The van der Waals surface area contributed by atoms with Crippen LogP contribution in [0.1, 0.15) is 11.1 Å². The molecule has 0 aliphatic heterocycles. The summed E-state index contributed by atoms with van der Waals surface area (Å²) in [6.45, 7) is 0. The number of H-pyrrole nitrogens is 1. The van der Waals surface area contributed by atoms with Crippen LogP contribution in [0.4, 0.5) is 4.39 Å². The molecule has 5 heteroatoms. The maximum Gasteiger partial charge on any atom is 0.258 e. The van der Waals surface area contributed by atoms with E-state index >= 15 is 0 Å². The molecule has 1 aromatic heterocycles. The van der Waals surface area contributed by atoms with Crippen LogP contribution in [0.2, 0.25) is 0 Å². The van der Waals surface area contributed by atoms with E-state index in [-0.39, 0.29) is 16.9 Å². The van der Waals surface area contributed by atoms with E-state index in [1.807, 2.05) is 30.3 Å². The number of rotatable bonds is 4. The minimum absolute atomic E-state index is 0.249. The van der Waals surface area contributed by atoms with Gasteiger partial charge in [0, 0.05) is 17.4 Å². The molecule has 22 heavy (non-hydrogen) atoms. The highest BCUT2D eigenvalue weighted by molar-refractivity contribution is 7.98. The topological polar surface area (TPSA) is 56.7 Å². The first-order valence-corrected chi connectivity index (χ1v) is 7.70. The van der Waals surface area contributed by atoms with Gasteiger partial charge in [-0.15, -0.1) is 11.8 Å². The number of pyridine rings is 1. The van der Waals surface area contributed by atoms with Crippen molar-refractivity contribution in [2.75, 3.05) is 0 Å². The molecule has 0 aliphatic rings. The smallest absolute Gasteiger partial charge is 0.258 e. The van der Waals surface area contributed by atoms with Gasteiger partial charge in [0.2, 0.25) is 0 Å². The zero-order chi connectivity index (χ0) is 15.5. The lowest BCUT2D eigenvalue weighted by Crippen LogP contribution is -2.13. The Morgan fingerprint density at radius 3 is 2.64 bits per heavy atom. The van der Waals surface area contributed by atoms with E-state index in [1.165, 1.54) is 23.9 Å². The molecule has 0 aliphatic carbocycles. The third kappa shape index (κ3) is 2.80. The number of hydrogen-bond donors (Lipinski definition) is 2. The molecule has 0 bridgehead atoms. The van der Waals surface area contributed by atoms with Crippen LogP contribution >= 0.6 is 11.8 Å². The van der Waals surface area contributed by atoms with Gasteiger partial charge in [0.25, 0.3) is 5.56 Å². The molecular formula is C17H13FN2OS. The number of aromatic amines is 1. The fraction of sp³-hybridized carbons (Fsp3) is 0.0588. The van der Waals surface area contributed by atoms with Gasteiger partial charge in [-0.1, -0.05) is 36.4 Å². The molecular weight excluding hydrogens is 299 g/mol. The molecule has 3 rings (SSSR count). The average Bonchev–Trinajstić information content (AvgIpc) is 2.54. The number of fused-ring (bicyclic) bond motifs is 1. The number of thioether (sulfide) groups is 1. The minimum atomic E-state index is -0.364. The van der Waals surface area contributed by atoms with Crippen molar-refractivity contribution in [1.82, 2.24) is 4.98 Å². The molecule has 3 aromatic rings. The average molecular weight is 312 g/mol. The first kappa shape index (κ1) is 14.5. The Morgan fingerprint density at radius 1 is 1.14 bits per heavy atom. The lowest BCUT2D eigenvalue weighted by atomic mass is 10.1. The molecule has 0 amide bonds. The van der Waals surface area contributed by atoms with Crippen molar-refractivity contribution in [2.45, 2.75) is 10.8 Å². The number of halogens is 1. The third-order valence-corrected chi connectivity index (χ3v) is 4.45. The van der Waals surface area contributed by atoms with Crippen molar-refractivity contribution in [3.63, 3.8) is 0 Å². The Hall–Kier alpha value is -2.40. The second-order valence-corrected chi connectivity index (χ2v) is 5.79. The SMILES string of the molecule is N=Cc1c(=O)[nH]c(SCc2ccccc2)c2cc(F)ccc12. The summed E-state index contributed by atoms with van der Waals surface area (Å²) in [5.74, 6) is 0.309. The zero-order valence-corrected chi connectivity index (χ0v) is 12.4. The van der Waals surface area contributed by atoms with Crippen LogP contribution in [0.15, 0.2) is 58.4 Å². The molecule has 3 nitrogen and oxygen atoms in total. The highest BCUT2D eigenvalue weighted by Crippen LogP contribution is 2.29. The summed E-state index contributed by atoms with van der Waals surface area (Å²) in [5.41, 5.74) is 1.04. The summed E-state index contributed by atoms with van der Waals surface area (Å²) in [5, 5.41) is 9.22. The van der Waals surface area contributed by atoms with Gasteiger partial charge in [-0.3, -0.25) is 4.79 Å². The highest BCUT2D eigenvalue weighted by atomic mass is 32.2. The van der Waals surface area contributed by atoms with Crippen molar-refractivity contribution in [3.8, 4) is 0 Å². The van der Waals surface area contributed by atoms with Crippen LogP contribution in [0.3, 0.4) is 0 Å². The summed E-state index contributed by atoms with van der Waals surface area (Å²) >= 11 is 1.45. The van der Waals surface area contributed by atoms with E-state index < -0.39 is 0 Å². The lowest BCUT2D eigenvalue weighted by molar-refractivity contribution is 0.629. The largest absolute Gasteiger partial charge is 0.316 e. The summed E-state index contributed by atoms with van der Waals surface area (Å²) in [6.07, 6.45) is 1.00. The second-order valence-electron chi connectivity index (χ2n) is 4.81. The normalized spacial score (nSPS) is 10.8. The monoisotopic (exact) mass is 312 g/mol. The zero-order valence-electron chi connectivity index (χ0n) is 11.6. The Bertz CT molecular complexity index is 890. The van der Waals surface area contributed by atoms with Gasteiger partial charge < -0.3 is 10.4 Å². The second kappa shape index (κ2) is 6.15. The molecule has 0 spiro atoms. The predicted octanol–water partition coefficient (Wildman–Crippen LogP) is 3.96. The van der Waals surface area contributed by atoms with Gasteiger partial charge in [-0.25, -0.2) is 4.39 Å². The Kier molecular flexibility index (Phi) is 4.06. The Balaban J connectivity index is 2.07. The fourth-order valence-corrected chi connectivity index (χ4v) is 3.28. The van der Waals surface area contributed by atoms with Gasteiger partial charge in [0.05, 0.1) is 10.6 Å². The van der Waals surface area contributed by atoms with Crippen LogP contribution in [0, 0.1) is 11.2 Å². The van der Waals surface area contributed by atoms with E-state index in [0.29, 0.717) is 21.6 Å². The molecule has 0 fully saturated rings. The van der Waals surface area contributed by atoms with Gasteiger partial charge >= 0.3 is 0 Å². The Labute approximate surface area is 130 Å². The molecule has 0 atom stereocenters. The van der Waals surface area contributed by atoms with Gasteiger partial charge in [-0.2, -0.15) is 0 Å². The van der Waals surface area contributed by atoms with E-state index in [9.17, 15) is 9.18 Å². The standard InChI is InChI=1S/C17H13FN2OS/c18-12-6-7-13-14(8-12)17(20-16(21)15(13)9-19)22-10-11-4-2-1-3-5-11/h1-9,19H,10H2,(H,20,21). The van der Waals surface area contributed by atoms with Gasteiger partial charge in [0.1, 0.15) is 5.82 Å². The Morgan fingerprint density at radius 2 is 1.91 bits per heavy atom. The quantitative estimate of drug-likeness (QED) is 0.566. The van der Waals surface area contributed by atoms with Crippen LogP contribution < -0.4 is 5.56 Å². The summed E-state index contributed by atoms with van der Waals surface area (Å²) in [6, 6.07) is 14.1. The predicted molar refractivity (Wildman–Crippen MR) is 88.4 cm³/mol. The van der Waals surface area contributed by atoms with Crippen LogP contribution in [-0.2, 0) is 5.75 Å². The lowest BCUT2D eigenvalue weighted by Gasteiger charge is -2.08. The first-order chi connectivity index (χ1) is 10.7. The van der Waals surface area contributed by atoms with E-state index in [0.717, 1.165) is 11.8 Å². The van der Waals surface area contributed by atoms with Crippen molar-refractivity contribution in [2.24, 2.45) is 0 Å². The van der Waals surface area contributed by atoms with Crippen molar-refractivity contribution in [3.05, 3.63) is 75.8 Å². The molecule has 0 unspecified atom stereocenters. The molecule has 110 valence electrons. The summed E-state index contributed by atoms with van der Waals surface area (Å²) in [7, 11) is 0. The third-order valence-electron chi connectivity index (χ3n) is 3.36. The molecule has 1 heterocycles. The van der Waals surface area contributed by atoms with Gasteiger partial charge in [-0.05, 0) is 23.1 Å². The van der Waals surface area contributed by atoms with E-state index in [2.05, 4.69) is 4.98 Å². The highest BCUT2D eigenvalue weighted by Gasteiger charge is 2.11. The van der Waals surface area contributed by atoms with Gasteiger partial charge in [0.15, 0.2) is 0 Å². The fourth-order valence-electron chi connectivity index (χ4n) is 2.29. The molecule has 0 saturated heterocycles. The number of hydrogen-bond acceptors (Lipinski definition) is 3. The van der Waals surface area contributed by atoms with Crippen molar-refractivity contribution in [1.29, 1.82) is 5.41 Å². The molecule has 2 N–H and O–H groups in total. The number of aromatic nitrogens is 1. The van der Waals surface area contributed by atoms with Crippen molar-refractivity contribution < 1.29 is 4.39 Å².